The quantitative estimate of drug-likeness (QED) is 0.456. The number of nitrogens with two attached hydrogens (primary N) is 1. The van der Waals surface area contributed by atoms with Gasteiger partial charge in [0.25, 0.3) is 5.91 Å². The van der Waals surface area contributed by atoms with E-state index in [-0.39, 0.29) is 24.8 Å². The van der Waals surface area contributed by atoms with Crippen LogP contribution in [0.3, 0.4) is 0 Å². The number of fused-ring (bicyclic) bond motifs is 2. The van der Waals surface area contributed by atoms with Gasteiger partial charge in [-0.1, -0.05) is 36.4 Å². The van der Waals surface area contributed by atoms with Crippen molar-refractivity contribution in [3.8, 4) is 0 Å². The number of nitrogens with one attached hydrogen (secondary N) is 1. The van der Waals surface area contributed by atoms with E-state index < -0.39 is 23.1 Å². The van der Waals surface area contributed by atoms with Crippen LogP contribution in [0.2, 0.25) is 0 Å². The molecule has 0 bridgehead atoms. The van der Waals surface area contributed by atoms with Gasteiger partial charge in [-0.2, -0.15) is 0 Å². The molecule has 1 unspecified atom stereocenters. The van der Waals surface area contributed by atoms with Crippen LogP contribution < -0.4 is 11.1 Å². The fourth-order valence-corrected chi connectivity index (χ4v) is 6.30. The molecule has 2 saturated carbocycles. The molecule has 2 aromatic rings. The summed E-state index contributed by atoms with van der Waals surface area (Å²) in [6.45, 7) is 3.98. The Morgan fingerprint density at radius 2 is 1.78 bits per heavy atom. The lowest BCUT2D eigenvalue weighted by Crippen LogP contribution is -2.46. The smallest absolute Gasteiger partial charge is 0.418 e. The molecule has 2 aromatic carbocycles. The molecule has 4 aliphatic rings. The van der Waals surface area contributed by atoms with E-state index in [9.17, 15) is 19.2 Å². The summed E-state index contributed by atoms with van der Waals surface area (Å²) in [6.07, 6.45) is 4.84. The molecule has 3 aliphatic carbocycles. The number of carbonyl (C=O) groups is 4. The number of carbonyl (C=O) groups excluding carboxylic acids is 4. The Bertz CT molecular complexity index is 1370. The molecule has 6 rings (SSSR count). The fraction of sp³-hybridized carbons (Fsp3) is 0.500. The van der Waals surface area contributed by atoms with Gasteiger partial charge in [0.1, 0.15) is 6.54 Å². The van der Waals surface area contributed by atoms with E-state index in [0.29, 0.717) is 48.5 Å². The average Bonchev–Trinajstić information content (AvgIpc) is 3.87. The third-order valence-electron chi connectivity index (χ3n) is 8.95. The maximum Gasteiger partial charge on any atom is 0.418 e. The lowest BCUT2D eigenvalue weighted by atomic mass is 9.94. The Hall–Kier alpha value is -3.72. The van der Waals surface area contributed by atoms with Gasteiger partial charge in [-0.3, -0.25) is 14.4 Å². The number of anilines is 1. The van der Waals surface area contributed by atoms with Crippen molar-refractivity contribution in [2.24, 2.45) is 23.5 Å². The van der Waals surface area contributed by atoms with Gasteiger partial charge >= 0.3 is 6.09 Å². The molecule has 41 heavy (non-hydrogen) atoms. The van der Waals surface area contributed by atoms with Crippen LogP contribution >= 0.6 is 0 Å². The molecule has 3 N–H and O–H groups in total. The van der Waals surface area contributed by atoms with Gasteiger partial charge in [-0.15, -0.1) is 0 Å². The molecule has 4 amide bonds. The first kappa shape index (κ1) is 27.4. The summed E-state index contributed by atoms with van der Waals surface area (Å²) < 4.78 is 5.77. The number of ether oxygens (including phenoxy) is 1. The monoisotopic (exact) mass is 558 g/mol. The summed E-state index contributed by atoms with van der Waals surface area (Å²) in [5.41, 5.74) is 6.39. The van der Waals surface area contributed by atoms with Gasteiger partial charge in [-0.05, 0) is 87.0 Å². The van der Waals surface area contributed by atoms with Crippen LogP contribution in [0.25, 0.3) is 0 Å². The molecule has 1 aliphatic heterocycles. The Morgan fingerprint density at radius 3 is 2.41 bits per heavy atom. The zero-order chi connectivity index (χ0) is 28.9. The van der Waals surface area contributed by atoms with Gasteiger partial charge in [0, 0.05) is 30.8 Å². The zero-order valence-electron chi connectivity index (χ0n) is 23.7. The number of benzene rings is 2. The van der Waals surface area contributed by atoms with Crippen LogP contribution in [-0.2, 0) is 37.7 Å². The zero-order valence-corrected chi connectivity index (χ0v) is 23.7. The van der Waals surface area contributed by atoms with E-state index in [4.69, 9.17) is 10.5 Å². The van der Waals surface area contributed by atoms with Crippen LogP contribution in [0.15, 0.2) is 48.5 Å². The molecule has 9 heteroatoms. The van der Waals surface area contributed by atoms with Crippen LogP contribution in [-0.4, -0.2) is 52.2 Å². The van der Waals surface area contributed by atoms with Gasteiger partial charge in [-0.25, -0.2) is 9.69 Å². The van der Waals surface area contributed by atoms with Crippen molar-refractivity contribution in [1.29, 1.82) is 0 Å². The van der Waals surface area contributed by atoms with Crippen molar-refractivity contribution >= 4 is 29.5 Å². The topological polar surface area (TPSA) is 122 Å². The maximum atomic E-state index is 13.8. The van der Waals surface area contributed by atoms with Crippen molar-refractivity contribution in [2.75, 3.05) is 18.4 Å². The molecule has 1 heterocycles. The fourth-order valence-electron chi connectivity index (χ4n) is 6.30. The molecule has 3 fully saturated rings. The first-order chi connectivity index (χ1) is 19.5. The highest BCUT2D eigenvalue weighted by molar-refractivity contribution is 6.06. The van der Waals surface area contributed by atoms with E-state index in [1.165, 1.54) is 25.7 Å². The first-order valence-corrected chi connectivity index (χ1v) is 14.7. The highest BCUT2D eigenvalue weighted by atomic mass is 16.6. The largest absolute Gasteiger partial charge is 0.427 e. The number of imide groups is 1. The predicted octanol–water partition coefficient (Wildman–Crippen LogP) is 3.95. The van der Waals surface area contributed by atoms with Crippen molar-refractivity contribution in [3.05, 3.63) is 65.2 Å². The number of rotatable bonds is 10. The Kier molecular flexibility index (Phi) is 6.88. The Morgan fingerprint density at radius 1 is 1.10 bits per heavy atom. The molecule has 216 valence electrons. The Labute approximate surface area is 240 Å². The summed E-state index contributed by atoms with van der Waals surface area (Å²) in [7, 11) is 0. The van der Waals surface area contributed by atoms with E-state index in [2.05, 4.69) is 5.32 Å². The summed E-state index contributed by atoms with van der Waals surface area (Å²) in [5, 5.41) is 2.80. The summed E-state index contributed by atoms with van der Waals surface area (Å²) >= 11 is 0. The molecule has 0 radical (unpaired) electrons. The average molecular weight is 559 g/mol. The number of nitrogens with zero attached hydrogens (tertiary/aromatic N) is 2. The molecular weight excluding hydrogens is 520 g/mol. The van der Waals surface area contributed by atoms with E-state index in [1.807, 2.05) is 35.2 Å². The second kappa shape index (κ2) is 10.3. The Balaban J connectivity index is 1.19. The normalized spacial score (nSPS) is 21.8. The number of hydrogen-bond donors (Lipinski definition) is 2. The lowest BCUT2D eigenvalue weighted by Gasteiger charge is -2.29. The van der Waals surface area contributed by atoms with Crippen molar-refractivity contribution < 1.29 is 23.9 Å². The second-order valence-corrected chi connectivity index (χ2v) is 12.7. The van der Waals surface area contributed by atoms with Gasteiger partial charge in [0.15, 0.2) is 0 Å². The van der Waals surface area contributed by atoms with E-state index in [0.717, 1.165) is 16.0 Å². The SMILES string of the molecule is CC(C)(N)C(=O)Nc1ccc2c(c1)CCC21OC(=O)N(CC(=O)N(Cc2ccccc2)CC(C2CC2)C2CC2)C1=O. The van der Waals surface area contributed by atoms with Crippen LogP contribution in [0, 0.1) is 17.8 Å². The highest BCUT2D eigenvalue weighted by Gasteiger charge is 2.58. The third-order valence-corrected chi connectivity index (χ3v) is 8.95. The highest BCUT2D eigenvalue weighted by Crippen LogP contribution is 2.50. The van der Waals surface area contributed by atoms with Gasteiger partial charge in [0.05, 0.1) is 5.54 Å². The standard InChI is InChI=1S/C32H38N4O5/c1-31(2,33)28(38)34-24-12-13-26-23(16-24)14-15-32(26)29(39)36(30(40)41-32)19-27(37)35(17-20-6-4-3-5-7-20)18-25(21-8-9-21)22-10-11-22/h3-7,12-13,16,21-22,25H,8-11,14-15,17-19,33H2,1-2H3,(H,34,38). The minimum atomic E-state index is -1.45. The lowest BCUT2D eigenvalue weighted by molar-refractivity contribution is -0.142. The first-order valence-electron chi connectivity index (χ1n) is 14.7. The molecular formula is C32H38N4O5. The molecule has 1 spiro atoms. The summed E-state index contributed by atoms with van der Waals surface area (Å²) in [4.78, 5) is 55.8. The third kappa shape index (κ3) is 5.47. The van der Waals surface area contributed by atoms with Crippen LogP contribution in [0.1, 0.15) is 62.6 Å². The minimum Gasteiger partial charge on any atom is -0.427 e. The van der Waals surface area contributed by atoms with E-state index >= 15 is 0 Å². The van der Waals surface area contributed by atoms with E-state index in [1.54, 1.807) is 32.0 Å². The minimum absolute atomic E-state index is 0.247. The van der Waals surface area contributed by atoms with Crippen molar-refractivity contribution in [1.82, 2.24) is 9.80 Å². The number of hydrogen-bond acceptors (Lipinski definition) is 6. The van der Waals surface area contributed by atoms with Crippen molar-refractivity contribution in [3.63, 3.8) is 0 Å². The van der Waals surface area contributed by atoms with Crippen LogP contribution in [0.4, 0.5) is 10.5 Å². The van der Waals surface area contributed by atoms with Crippen LogP contribution in [0.5, 0.6) is 0 Å². The number of amides is 4. The van der Waals surface area contributed by atoms with Gasteiger partial charge < -0.3 is 20.7 Å². The second-order valence-electron chi connectivity index (χ2n) is 12.7. The molecule has 9 nitrogen and oxygen atoms in total. The maximum absolute atomic E-state index is 13.8. The summed E-state index contributed by atoms with van der Waals surface area (Å²) in [5.74, 6) is 0.713. The molecule has 0 aromatic heterocycles. The van der Waals surface area contributed by atoms with Gasteiger partial charge in [0.2, 0.25) is 17.4 Å². The molecule has 1 atom stereocenters. The predicted molar refractivity (Wildman–Crippen MR) is 152 cm³/mol. The summed E-state index contributed by atoms with van der Waals surface area (Å²) in [6, 6.07) is 15.0. The van der Waals surface area contributed by atoms with Crippen molar-refractivity contribution in [2.45, 2.75) is 70.1 Å². The number of aryl methyl sites for hydroxylation is 1. The molecule has 1 saturated heterocycles.